The normalized spacial score (nSPS) is 12.1. The Morgan fingerprint density at radius 3 is 2.53 bits per heavy atom. The fourth-order valence-electron chi connectivity index (χ4n) is 1.34. The third-order valence-electron chi connectivity index (χ3n) is 2.35. The van der Waals surface area contributed by atoms with E-state index in [1.165, 1.54) is 23.1 Å². The molecule has 1 aromatic rings. The molecule has 0 amide bonds. The minimum Gasteiger partial charge on any atom is -0.275 e. The summed E-state index contributed by atoms with van der Waals surface area (Å²) in [4.78, 5) is 0. The van der Waals surface area contributed by atoms with Gasteiger partial charge in [0.25, 0.3) is 0 Å². The standard InChI is InChI=1S/C11H22N2SSi/c1-10-8-13(2)12-11(10)9-14-6-7-15(3,4)5/h8H,6-7,9H2,1-5H3. The predicted octanol–water partition coefficient (Wildman–Crippen LogP) is 3.30. The highest BCUT2D eigenvalue weighted by atomic mass is 32.2. The molecule has 0 aromatic carbocycles. The van der Waals surface area contributed by atoms with Gasteiger partial charge in [0, 0.05) is 27.1 Å². The molecule has 86 valence electrons. The first-order chi connectivity index (χ1) is 6.88. The number of nitrogens with zero attached hydrogens (tertiary/aromatic N) is 2. The van der Waals surface area contributed by atoms with Gasteiger partial charge >= 0.3 is 0 Å². The minimum absolute atomic E-state index is 0.850. The summed E-state index contributed by atoms with van der Waals surface area (Å²) in [6.45, 7) is 9.43. The molecule has 4 heteroatoms. The van der Waals surface area contributed by atoms with E-state index in [-0.39, 0.29) is 0 Å². The molecule has 0 aliphatic heterocycles. The summed E-state index contributed by atoms with van der Waals surface area (Å²) in [5, 5.41) is 4.45. The van der Waals surface area contributed by atoms with E-state index in [0.29, 0.717) is 0 Å². The highest BCUT2D eigenvalue weighted by Gasteiger charge is 2.12. The monoisotopic (exact) mass is 242 g/mol. The van der Waals surface area contributed by atoms with Crippen molar-refractivity contribution in [3.63, 3.8) is 0 Å². The molecule has 0 unspecified atom stereocenters. The number of aryl methyl sites for hydroxylation is 2. The first kappa shape index (κ1) is 12.8. The summed E-state index contributed by atoms with van der Waals surface area (Å²) in [6, 6.07) is 1.41. The van der Waals surface area contributed by atoms with Gasteiger partial charge in [-0.2, -0.15) is 16.9 Å². The van der Waals surface area contributed by atoms with Crippen molar-refractivity contribution in [1.82, 2.24) is 9.78 Å². The first-order valence-corrected chi connectivity index (χ1v) is 10.3. The lowest BCUT2D eigenvalue weighted by atomic mass is 10.3. The van der Waals surface area contributed by atoms with Gasteiger partial charge in [0.15, 0.2) is 0 Å². The third kappa shape index (κ3) is 4.89. The summed E-state index contributed by atoms with van der Waals surface area (Å²) in [6.07, 6.45) is 2.09. The van der Waals surface area contributed by atoms with E-state index >= 15 is 0 Å². The molecule has 0 spiro atoms. The first-order valence-electron chi connectivity index (χ1n) is 5.45. The molecule has 0 N–H and O–H groups in total. The van der Waals surface area contributed by atoms with Crippen molar-refractivity contribution in [2.75, 3.05) is 5.75 Å². The van der Waals surface area contributed by atoms with Gasteiger partial charge < -0.3 is 0 Å². The smallest absolute Gasteiger partial charge is 0.0752 e. The summed E-state index contributed by atoms with van der Waals surface area (Å²) < 4.78 is 1.91. The molecular formula is C11H22N2SSi. The van der Waals surface area contributed by atoms with E-state index in [0.717, 1.165) is 5.75 Å². The Hall–Kier alpha value is -0.223. The van der Waals surface area contributed by atoms with Gasteiger partial charge in [-0.05, 0) is 24.3 Å². The van der Waals surface area contributed by atoms with Gasteiger partial charge in [0.1, 0.15) is 0 Å². The zero-order valence-electron chi connectivity index (χ0n) is 10.5. The van der Waals surface area contributed by atoms with Crippen molar-refractivity contribution < 1.29 is 0 Å². The molecule has 0 aliphatic rings. The molecule has 0 saturated carbocycles. The summed E-state index contributed by atoms with van der Waals surface area (Å²) >= 11 is 2.02. The number of hydrogen-bond acceptors (Lipinski definition) is 2. The fraction of sp³-hybridized carbons (Fsp3) is 0.727. The van der Waals surface area contributed by atoms with Crippen molar-refractivity contribution in [3.8, 4) is 0 Å². The van der Waals surface area contributed by atoms with Crippen LogP contribution in [0.5, 0.6) is 0 Å². The second-order valence-electron chi connectivity index (χ2n) is 5.30. The lowest BCUT2D eigenvalue weighted by Crippen LogP contribution is -2.19. The summed E-state index contributed by atoms with van der Waals surface area (Å²) in [7, 11) is 1.14. The Morgan fingerprint density at radius 2 is 2.07 bits per heavy atom. The SMILES string of the molecule is Cc1cn(C)nc1CSCC[Si](C)(C)C. The topological polar surface area (TPSA) is 17.8 Å². The zero-order chi connectivity index (χ0) is 11.5. The van der Waals surface area contributed by atoms with Crippen LogP contribution >= 0.6 is 11.8 Å². The Bertz CT molecular complexity index is 315. The number of hydrogen-bond donors (Lipinski definition) is 0. The summed E-state index contributed by atoms with van der Waals surface area (Å²) in [5.41, 5.74) is 2.57. The largest absolute Gasteiger partial charge is 0.275 e. The molecule has 0 atom stereocenters. The molecule has 0 radical (unpaired) electrons. The van der Waals surface area contributed by atoms with Crippen molar-refractivity contribution in [3.05, 3.63) is 17.5 Å². The predicted molar refractivity (Wildman–Crippen MR) is 72.3 cm³/mol. The van der Waals surface area contributed by atoms with Gasteiger partial charge in [-0.15, -0.1) is 0 Å². The van der Waals surface area contributed by atoms with Gasteiger partial charge in [0.2, 0.25) is 0 Å². The van der Waals surface area contributed by atoms with E-state index in [1.807, 2.05) is 23.5 Å². The van der Waals surface area contributed by atoms with Gasteiger partial charge in [-0.1, -0.05) is 19.6 Å². The van der Waals surface area contributed by atoms with Crippen molar-refractivity contribution in [1.29, 1.82) is 0 Å². The second kappa shape index (κ2) is 5.21. The van der Waals surface area contributed by atoms with E-state index in [9.17, 15) is 0 Å². The molecule has 15 heavy (non-hydrogen) atoms. The quantitative estimate of drug-likeness (QED) is 0.582. The maximum Gasteiger partial charge on any atom is 0.0752 e. The summed E-state index contributed by atoms with van der Waals surface area (Å²) in [5.74, 6) is 2.35. The highest BCUT2D eigenvalue weighted by molar-refractivity contribution is 7.98. The molecule has 1 aromatic heterocycles. The Morgan fingerprint density at radius 1 is 1.40 bits per heavy atom. The molecular weight excluding hydrogens is 220 g/mol. The van der Waals surface area contributed by atoms with Crippen molar-refractivity contribution >= 4 is 19.8 Å². The molecule has 0 fully saturated rings. The van der Waals surface area contributed by atoms with E-state index in [4.69, 9.17) is 0 Å². The molecule has 1 heterocycles. The van der Waals surface area contributed by atoms with Gasteiger partial charge in [0.05, 0.1) is 5.69 Å². The highest BCUT2D eigenvalue weighted by Crippen LogP contribution is 2.18. The maximum atomic E-state index is 4.45. The lowest BCUT2D eigenvalue weighted by Gasteiger charge is -2.14. The Kier molecular flexibility index (Phi) is 4.46. The van der Waals surface area contributed by atoms with Crippen LogP contribution in [0.4, 0.5) is 0 Å². The zero-order valence-corrected chi connectivity index (χ0v) is 12.3. The Balaban J connectivity index is 2.29. The van der Waals surface area contributed by atoms with Gasteiger partial charge in [-0.3, -0.25) is 4.68 Å². The van der Waals surface area contributed by atoms with Crippen LogP contribution < -0.4 is 0 Å². The third-order valence-corrected chi connectivity index (χ3v) is 5.43. The second-order valence-corrected chi connectivity index (χ2v) is 12.0. The van der Waals surface area contributed by atoms with Crippen LogP contribution in [-0.2, 0) is 12.8 Å². The van der Waals surface area contributed by atoms with Crippen LogP contribution in [0.25, 0.3) is 0 Å². The van der Waals surface area contributed by atoms with E-state index < -0.39 is 8.07 Å². The maximum absolute atomic E-state index is 4.45. The van der Waals surface area contributed by atoms with Crippen LogP contribution in [0.2, 0.25) is 25.7 Å². The van der Waals surface area contributed by atoms with Crippen molar-refractivity contribution in [2.45, 2.75) is 38.4 Å². The number of rotatable bonds is 5. The van der Waals surface area contributed by atoms with Crippen LogP contribution in [0.1, 0.15) is 11.3 Å². The van der Waals surface area contributed by atoms with E-state index in [1.54, 1.807) is 0 Å². The van der Waals surface area contributed by atoms with Crippen LogP contribution in [0.3, 0.4) is 0 Å². The number of thioether (sulfide) groups is 1. The lowest BCUT2D eigenvalue weighted by molar-refractivity contribution is 0.755. The minimum atomic E-state index is -0.850. The average molecular weight is 242 g/mol. The molecule has 0 bridgehead atoms. The Labute approximate surface area is 98.5 Å². The number of aromatic nitrogens is 2. The molecule has 2 nitrogen and oxygen atoms in total. The molecule has 1 rings (SSSR count). The molecule has 0 saturated heterocycles. The van der Waals surface area contributed by atoms with E-state index in [2.05, 4.69) is 37.9 Å². The van der Waals surface area contributed by atoms with Crippen molar-refractivity contribution in [2.24, 2.45) is 7.05 Å². The van der Waals surface area contributed by atoms with Crippen LogP contribution in [0.15, 0.2) is 6.20 Å². The average Bonchev–Trinajstić information content (AvgIpc) is 2.37. The molecule has 0 aliphatic carbocycles. The fourth-order valence-corrected chi connectivity index (χ4v) is 4.99. The van der Waals surface area contributed by atoms with Crippen LogP contribution in [-0.4, -0.2) is 23.6 Å². The van der Waals surface area contributed by atoms with Crippen LogP contribution in [0, 0.1) is 6.92 Å². The van der Waals surface area contributed by atoms with Gasteiger partial charge in [-0.25, -0.2) is 0 Å².